The number of nitrogens with one attached hydrogen (secondary N) is 1. The summed E-state index contributed by atoms with van der Waals surface area (Å²) in [6.45, 7) is 2.51. The Morgan fingerprint density at radius 1 is 1.12 bits per heavy atom. The molecular weight excluding hydrogens is 302 g/mol. The molecule has 0 aliphatic carbocycles. The molecule has 0 spiro atoms. The summed E-state index contributed by atoms with van der Waals surface area (Å²) in [5.41, 5.74) is 8.58. The summed E-state index contributed by atoms with van der Waals surface area (Å²) in [4.78, 5) is 25.3. The molecule has 1 heterocycles. The van der Waals surface area contributed by atoms with Crippen molar-refractivity contribution in [3.8, 4) is 0 Å². The first-order valence-corrected chi connectivity index (χ1v) is 8.06. The van der Waals surface area contributed by atoms with E-state index in [4.69, 9.17) is 5.73 Å². The van der Waals surface area contributed by atoms with Gasteiger partial charge in [-0.05, 0) is 30.5 Å². The summed E-state index contributed by atoms with van der Waals surface area (Å²) >= 11 is 0. The minimum atomic E-state index is -0.822. The van der Waals surface area contributed by atoms with Crippen molar-refractivity contribution in [1.82, 2.24) is 5.32 Å². The number of fused-ring (bicyclic) bond motifs is 1. The number of urea groups is 1. The molecule has 24 heavy (non-hydrogen) atoms. The second-order valence-corrected chi connectivity index (χ2v) is 6.12. The molecule has 3 N–H and O–H groups in total. The van der Waals surface area contributed by atoms with Crippen LogP contribution < -0.4 is 16.0 Å². The van der Waals surface area contributed by atoms with Crippen molar-refractivity contribution in [1.29, 1.82) is 0 Å². The third-order valence-electron chi connectivity index (χ3n) is 4.55. The van der Waals surface area contributed by atoms with Gasteiger partial charge in [-0.3, -0.25) is 10.1 Å². The Hall–Kier alpha value is -2.82. The first kappa shape index (κ1) is 16.1. The van der Waals surface area contributed by atoms with Gasteiger partial charge in [-0.1, -0.05) is 48.5 Å². The highest BCUT2D eigenvalue weighted by molar-refractivity contribution is 5.97. The minimum absolute atomic E-state index is 0.296. The van der Waals surface area contributed by atoms with Gasteiger partial charge < -0.3 is 10.6 Å². The SMILES string of the molecule is CC(C(=O)NC(N)=O)N1CC(c2ccccc2)Cc2ccccc21. The van der Waals surface area contributed by atoms with Crippen molar-refractivity contribution >= 4 is 17.6 Å². The fourth-order valence-corrected chi connectivity index (χ4v) is 3.31. The van der Waals surface area contributed by atoms with Crippen LogP contribution in [0.4, 0.5) is 10.5 Å². The third-order valence-corrected chi connectivity index (χ3v) is 4.55. The Morgan fingerprint density at radius 3 is 2.50 bits per heavy atom. The Balaban J connectivity index is 1.92. The smallest absolute Gasteiger partial charge is 0.318 e. The number of para-hydroxylation sites is 1. The molecule has 0 bridgehead atoms. The predicted octanol–water partition coefficient (Wildman–Crippen LogP) is 2.42. The summed E-state index contributed by atoms with van der Waals surface area (Å²) in [5.74, 6) is -0.0871. The van der Waals surface area contributed by atoms with E-state index < -0.39 is 12.1 Å². The lowest BCUT2D eigenvalue weighted by molar-refractivity contribution is -0.120. The van der Waals surface area contributed by atoms with Crippen LogP contribution in [0.5, 0.6) is 0 Å². The standard InChI is InChI=1S/C19H21N3O2/c1-13(18(23)21-19(20)24)22-12-16(14-7-3-2-4-8-14)11-15-9-5-6-10-17(15)22/h2-10,13,16H,11-12H2,1H3,(H3,20,21,23,24). The molecule has 3 rings (SSSR count). The number of anilines is 1. The van der Waals surface area contributed by atoms with Gasteiger partial charge in [0, 0.05) is 18.2 Å². The lowest BCUT2D eigenvalue weighted by Gasteiger charge is -2.39. The number of imide groups is 1. The summed E-state index contributed by atoms with van der Waals surface area (Å²) < 4.78 is 0. The van der Waals surface area contributed by atoms with Crippen molar-refractivity contribution in [3.05, 3.63) is 65.7 Å². The number of primary amides is 1. The topological polar surface area (TPSA) is 75.4 Å². The summed E-state index contributed by atoms with van der Waals surface area (Å²) in [7, 11) is 0. The van der Waals surface area contributed by atoms with Gasteiger partial charge in [0.05, 0.1) is 0 Å². The zero-order chi connectivity index (χ0) is 17.1. The van der Waals surface area contributed by atoms with Crippen molar-refractivity contribution in [3.63, 3.8) is 0 Å². The number of amides is 3. The molecule has 2 aromatic carbocycles. The van der Waals surface area contributed by atoms with Crippen LogP contribution in [0, 0.1) is 0 Å². The van der Waals surface area contributed by atoms with Gasteiger partial charge in [-0.25, -0.2) is 4.79 Å². The van der Waals surface area contributed by atoms with Crippen LogP contribution in [0.2, 0.25) is 0 Å². The van der Waals surface area contributed by atoms with Crippen LogP contribution in [0.3, 0.4) is 0 Å². The largest absolute Gasteiger partial charge is 0.359 e. The van der Waals surface area contributed by atoms with Crippen LogP contribution >= 0.6 is 0 Å². The number of hydrogen-bond acceptors (Lipinski definition) is 3. The molecule has 0 radical (unpaired) electrons. The van der Waals surface area contributed by atoms with Gasteiger partial charge in [0.1, 0.15) is 6.04 Å². The van der Waals surface area contributed by atoms with Crippen LogP contribution in [0.15, 0.2) is 54.6 Å². The van der Waals surface area contributed by atoms with Crippen molar-refractivity contribution in [2.24, 2.45) is 5.73 Å². The first-order valence-electron chi connectivity index (χ1n) is 8.06. The maximum absolute atomic E-state index is 12.3. The number of nitrogens with zero attached hydrogens (tertiary/aromatic N) is 1. The minimum Gasteiger partial charge on any atom is -0.359 e. The molecule has 3 amide bonds. The number of nitrogens with two attached hydrogens (primary N) is 1. The quantitative estimate of drug-likeness (QED) is 0.911. The van der Waals surface area contributed by atoms with E-state index in [1.54, 1.807) is 6.92 Å². The fourth-order valence-electron chi connectivity index (χ4n) is 3.31. The average Bonchev–Trinajstić information content (AvgIpc) is 2.60. The van der Waals surface area contributed by atoms with E-state index in [0.29, 0.717) is 12.5 Å². The van der Waals surface area contributed by atoms with E-state index in [1.807, 2.05) is 36.4 Å². The van der Waals surface area contributed by atoms with E-state index in [-0.39, 0.29) is 5.91 Å². The molecule has 1 aliphatic rings. The molecular formula is C19H21N3O2. The predicted molar refractivity (Wildman–Crippen MR) is 93.9 cm³/mol. The molecule has 5 heteroatoms. The van der Waals surface area contributed by atoms with E-state index in [1.165, 1.54) is 11.1 Å². The monoisotopic (exact) mass is 323 g/mol. The van der Waals surface area contributed by atoms with Crippen LogP contribution in [-0.4, -0.2) is 24.5 Å². The van der Waals surface area contributed by atoms with Crippen LogP contribution in [-0.2, 0) is 11.2 Å². The second kappa shape index (κ2) is 6.74. The maximum atomic E-state index is 12.3. The van der Waals surface area contributed by atoms with Gasteiger partial charge in [-0.2, -0.15) is 0 Å². The van der Waals surface area contributed by atoms with Gasteiger partial charge in [0.25, 0.3) is 0 Å². The lowest BCUT2D eigenvalue weighted by atomic mass is 9.86. The molecule has 2 atom stereocenters. The lowest BCUT2D eigenvalue weighted by Crippen LogP contribution is -2.51. The molecule has 5 nitrogen and oxygen atoms in total. The Morgan fingerprint density at radius 2 is 1.79 bits per heavy atom. The number of carbonyl (C=O) groups excluding carboxylic acids is 2. The second-order valence-electron chi connectivity index (χ2n) is 6.12. The van der Waals surface area contributed by atoms with Crippen LogP contribution in [0.25, 0.3) is 0 Å². The van der Waals surface area contributed by atoms with Gasteiger partial charge in [0.2, 0.25) is 5.91 Å². The number of hydrogen-bond donors (Lipinski definition) is 2. The molecule has 1 aliphatic heterocycles. The molecule has 0 saturated carbocycles. The summed E-state index contributed by atoms with van der Waals surface area (Å²) in [5, 5.41) is 2.18. The highest BCUT2D eigenvalue weighted by atomic mass is 16.2. The normalized spacial score (nSPS) is 17.7. The van der Waals surface area contributed by atoms with E-state index >= 15 is 0 Å². The molecule has 0 aromatic heterocycles. The molecule has 0 fully saturated rings. The fraction of sp³-hybridized carbons (Fsp3) is 0.263. The Bertz CT molecular complexity index is 745. The molecule has 2 aromatic rings. The number of carbonyl (C=O) groups is 2. The van der Waals surface area contributed by atoms with Gasteiger partial charge in [-0.15, -0.1) is 0 Å². The maximum Gasteiger partial charge on any atom is 0.318 e. The number of rotatable bonds is 3. The van der Waals surface area contributed by atoms with Crippen LogP contribution in [0.1, 0.15) is 24.0 Å². The van der Waals surface area contributed by atoms with E-state index in [9.17, 15) is 9.59 Å². The highest BCUT2D eigenvalue weighted by Crippen LogP contribution is 2.35. The van der Waals surface area contributed by atoms with Crippen molar-refractivity contribution in [2.45, 2.75) is 25.3 Å². The first-order chi connectivity index (χ1) is 11.6. The zero-order valence-electron chi connectivity index (χ0n) is 13.6. The van der Waals surface area contributed by atoms with Crippen molar-refractivity contribution in [2.75, 3.05) is 11.4 Å². The Kier molecular flexibility index (Phi) is 4.51. The van der Waals surface area contributed by atoms with E-state index in [2.05, 4.69) is 28.4 Å². The van der Waals surface area contributed by atoms with Gasteiger partial charge in [0.15, 0.2) is 0 Å². The summed E-state index contributed by atoms with van der Waals surface area (Å²) in [6, 6.07) is 17.1. The van der Waals surface area contributed by atoms with Gasteiger partial charge >= 0.3 is 6.03 Å². The van der Waals surface area contributed by atoms with Crippen molar-refractivity contribution < 1.29 is 9.59 Å². The third kappa shape index (κ3) is 3.25. The highest BCUT2D eigenvalue weighted by Gasteiger charge is 2.31. The summed E-state index contributed by atoms with van der Waals surface area (Å²) in [6.07, 6.45) is 0.931. The molecule has 124 valence electrons. The van der Waals surface area contributed by atoms with E-state index in [0.717, 1.165) is 12.1 Å². The Labute approximate surface area is 141 Å². The zero-order valence-corrected chi connectivity index (χ0v) is 13.6. The number of benzene rings is 2. The molecule has 2 unspecified atom stereocenters. The molecule has 0 saturated heterocycles. The average molecular weight is 323 g/mol.